The summed E-state index contributed by atoms with van der Waals surface area (Å²) < 4.78 is 0. The van der Waals surface area contributed by atoms with Gasteiger partial charge in [-0.25, -0.2) is 0 Å². The van der Waals surface area contributed by atoms with E-state index in [1.807, 2.05) is 0 Å². The zero-order valence-corrected chi connectivity index (χ0v) is 8.11. The van der Waals surface area contributed by atoms with E-state index >= 15 is 0 Å². The van der Waals surface area contributed by atoms with Crippen molar-refractivity contribution in [1.29, 1.82) is 0 Å². The Hall–Kier alpha value is -1.31. The molecule has 1 aromatic rings. The minimum absolute atomic E-state index is 0.409. The van der Waals surface area contributed by atoms with Crippen molar-refractivity contribution in [2.45, 2.75) is 31.2 Å². The maximum absolute atomic E-state index is 5.98. The highest BCUT2D eigenvalue weighted by Crippen LogP contribution is 2.36. The second-order valence-electron chi connectivity index (χ2n) is 4.24. The van der Waals surface area contributed by atoms with Crippen molar-refractivity contribution in [2.24, 2.45) is 10.7 Å². The van der Waals surface area contributed by atoms with Gasteiger partial charge in [-0.2, -0.15) is 0 Å². The van der Waals surface area contributed by atoms with Crippen LogP contribution in [0, 0.1) is 0 Å². The van der Waals surface area contributed by atoms with Gasteiger partial charge in [-0.1, -0.05) is 24.3 Å². The first-order chi connectivity index (χ1) is 6.84. The van der Waals surface area contributed by atoms with Gasteiger partial charge in [0, 0.05) is 5.92 Å². The van der Waals surface area contributed by atoms with Crippen molar-refractivity contribution in [1.82, 2.24) is 0 Å². The molecule has 1 fully saturated rings. The van der Waals surface area contributed by atoms with Crippen LogP contribution in [-0.2, 0) is 6.42 Å². The normalized spacial score (nSPS) is 25.4. The Kier molecular flexibility index (Phi) is 1.63. The summed E-state index contributed by atoms with van der Waals surface area (Å²) in [6, 6.07) is 9.05. The minimum Gasteiger partial charge on any atom is -0.387 e. The minimum atomic E-state index is 0.409. The van der Waals surface area contributed by atoms with Gasteiger partial charge in [0.15, 0.2) is 0 Å². The quantitative estimate of drug-likeness (QED) is 0.555. The van der Waals surface area contributed by atoms with Crippen LogP contribution in [0.1, 0.15) is 29.9 Å². The van der Waals surface area contributed by atoms with Crippen LogP contribution in [0.15, 0.2) is 29.3 Å². The molecule has 2 aliphatic carbocycles. The average molecular weight is 186 g/mol. The summed E-state index contributed by atoms with van der Waals surface area (Å²) in [5, 5.41) is 0. The van der Waals surface area contributed by atoms with Crippen molar-refractivity contribution in [3.05, 3.63) is 35.4 Å². The van der Waals surface area contributed by atoms with Crippen LogP contribution >= 0.6 is 0 Å². The standard InChI is InChI=1S/C12H14N2/c13-12(14-9-5-6-9)11-7-8-3-1-2-4-10(8)11/h1-4,9,11H,5-7H2,(H2,13,14). The van der Waals surface area contributed by atoms with E-state index in [4.69, 9.17) is 5.73 Å². The second kappa shape index (κ2) is 2.84. The first-order valence-corrected chi connectivity index (χ1v) is 5.25. The van der Waals surface area contributed by atoms with Crippen molar-refractivity contribution in [3.63, 3.8) is 0 Å². The third-order valence-electron chi connectivity index (χ3n) is 3.09. The van der Waals surface area contributed by atoms with Crippen LogP contribution in [0.25, 0.3) is 0 Å². The van der Waals surface area contributed by atoms with E-state index in [2.05, 4.69) is 29.3 Å². The van der Waals surface area contributed by atoms with Crippen LogP contribution in [0.5, 0.6) is 0 Å². The monoisotopic (exact) mass is 186 g/mol. The predicted octanol–water partition coefficient (Wildman–Crippen LogP) is 1.85. The van der Waals surface area contributed by atoms with E-state index < -0.39 is 0 Å². The molecule has 2 nitrogen and oxygen atoms in total. The summed E-state index contributed by atoms with van der Waals surface area (Å²) >= 11 is 0. The Labute approximate surface area is 83.8 Å². The lowest BCUT2D eigenvalue weighted by Crippen LogP contribution is -2.31. The van der Waals surface area contributed by atoms with Gasteiger partial charge in [0.05, 0.1) is 6.04 Å². The van der Waals surface area contributed by atoms with Crippen molar-refractivity contribution >= 4 is 5.84 Å². The first kappa shape index (κ1) is 8.04. The summed E-state index contributed by atoms with van der Waals surface area (Å²) in [4.78, 5) is 4.50. The third-order valence-corrected chi connectivity index (χ3v) is 3.09. The Bertz CT molecular complexity index is 391. The molecule has 2 aliphatic rings. The van der Waals surface area contributed by atoms with Crippen molar-refractivity contribution < 1.29 is 0 Å². The molecule has 1 aromatic carbocycles. The summed E-state index contributed by atoms with van der Waals surface area (Å²) in [5.74, 6) is 1.26. The fourth-order valence-electron chi connectivity index (χ4n) is 2.03. The molecule has 0 heterocycles. The summed E-state index contributed by atoms with van der Waals surface area (Å²) in [6.07, 6.45) is 3.54. The van der Waals surface area contributed by atoms with Crippen LogP contribution < -0.4 is 5.73 Å². The Balaban J connectivity index is 1.83. The molecule has 1 atom stereocenters. The van der Waals surface area contributed by atoms with Crippen LogP contribution in [0.2, 0.25) is 0 Å². The number of aliphatic imine (C=N–C) groups is 1. The second-order valence-corrected chi connectivity index (χ2v) is 4.24. The lowest BCUT2D eigenvalue weighted by atomic mass is 9.77. The molecule has 2 heteroatoms. The molecule has 0 spiro atoms. The molecule has 0 bridgehead atoms. The lowest BCUT2D eigenvalue weighted by Gasteiger charge is -2.29. The number of nitrogens with two attached hydrogens (primary N) is 1. The average Bonchev–Trinajstić information content (AvgIpc) is 2.91. The first-order valence-electron chi connectivity index (χ1n) is 5.25. The SMILES string of the molecule is NC(=NC1CC1)C1Cc2ccccc21. The fraction of sp³-hybridized carbons (Fsp3) is 0.417. The Morgan fingerprint density at radius 1 is 1.29 bits per heavy atom. The zero-order chi connectivity index (χ0) is 9.54. The molecule has 3 rings (SSSR count). The maximum Gasteiger partial charge on any atom is 0.102 e. The van der Waals surface area contributed by atoms with E-state index in [0.29, 0.717) is 12.0 Å². The Morgan fingerprint density at radius 3 is 2.79 bits per heavy atom. The molecule has 14 heavy (non-hydrogen) atoms. The molecular formula is C12H14N2. The smallest absolute Gasteiger partial charge is 0.102 e. The van der Waals surface area contributed by atoms with Gasteiger partial charge in [-0.05, 0) is 30.4 Å². The summed E-state index contributed by atoms with van der Waals surface area (Å²) in [7, 11) is 0. The van der Waals surface area contributed by atoms with Gasteiger partial charge in [-0.15, -0.1) is 0 Å². The van der Waals surface area contributed by atoms with E-state index in [1.54, 1.807) is 0 Å². The molecule has 0 amide bonds. The third kappa shape index (κ3) is 1.22. The van der Waals surface area contributed by atoms with Crippen LogP contribution in [0.3, 0.4) is 0 Å². The van der Waals surface area contributed by atoms with Gasteiger partial charge >= 0.3 is 0 Å². The largest absolute Gasteiger partial charge is 0.387 e. The molecule has 2 N–H and O–H groups in total. The van der Waals surface area contributed by atoms with E-state index in [0.717, 1.165) is 12.3 Å². The summed E-state index contributed by atoms with van der Waals surface area (Å²) in [6.45, 7) is 0. The van der Waals surface area contributed by atoms with Gasteiger partial charge in [-0.3, -0.25) is 4.99 Å². The number of hydrogen-bond acceptors (Lipinski definition) is 1. The number of fused-ring (bicyclic) bond motifs is 1. The Morgan fingerprint density at radius 2 is 2.07 bits per heavy atom. The van der Waals surface area contributed by atoms with Gasteiger partial charge in [0.2, 0.25) is 0 Å². The zero-order valence-electron chi connectivity index (χ0n) is 8.11. The van der Waals surface area contributed by atoms with Crippen LogP contribution in [0.4, 0.5) is 0 Å². The molecule has 0 saturated heterocycles. The van der Waals surface area contributed by atoms with Gasteiger partial charge in [0.1, 0.15) is 5.84 Å². The topological polar surface area (TPSA) is 38.4 Å². The van der Waals surface area contributed by atoms with E-state index in [1.165, 1.54) is 24.0 Å². The van der Waals surface area contributed by atoms with Gasteiger partial charge < -0.3 is 5.73 Å². The van der Waals surface area contributed by atoms with Gasteiger partial charge in [0.25, 0.3) is 0 Å². The number of rotatable bonds is 2. The highest BCUT2D eigenvalue weighted by molar-refractivity contribution is 5.90. The highest BCUT2D eigenvalue weighted by atomic mass is 14.9. The molecule has 0 aromatic heterocycles. The molecule has 0 radical (unpaired) electrons. The fourth-order valence-corrected chi connectivity index (χ4v) is 2.03. The maximum atomic E-state index is 5.98. The van der Waals surface area contributed by atoms with Crippen molar-refractivity contribution in [3.8, 4) is 0 Å². The molecule has 72 valence electrons. The van der Waals surface area contributed by atoms with Crippen LogP contribution in [-0.4, -0.2) is 11.9 Å². The number of hydrogen-bond donors (Lipinski definition) is 1. The highest BCUT2D eigenvalue weighted by Gasteiger charge is 2.30. The number of amidine groups is 1. The predicted molar refractivity (Wildman–Crippen MR) is 57.5 cm³/mol. The molecule has 0 aliphatic heterocycles. The molecular weight excluding hydrogens is 172 g/mol. The van der Waals surface area contributed by atoms with Crippen molar-refractivity contribution in [2.75, 3.05) is 0 Å². The van der Waals surface area contributed by atoms with E-state index in [-0.39, 0.29) is 0 Å². The number of nitrogens with zero attached hydrogens (tertiary/aromatic N) is 1. The van der Waals surface area contributed by atoms with E-state index in [9.17, 15) is 0 Å². The number of benzene rings is 1. The molecule has 1 saturated carbocycles. The molecule has 1 unspecified atom stereocenters. The lowest BCUT2D eigenvalue weighted by molar-refractivity contribution is 0.755. The summed E-state index contributed by atoms with van der Waals surface area (Å²) in [5.41, 5.74) is 8.80.